The van der Waals surface area contributed by atoms with Crippen LogP contribution in [0.4, 0.5) is 0 Å². The lowest BCUT2D eigenvalue weighted by atomic mass is 10.1. The Labute approximate surface area is 93.8 Å². The summed E-state index contributed by atoms with van der Waals surface area (Å²) >= 11 is 0. The fourth-order valence-electron chi connectivity index (χ4n) is 1.80. The van der Waals surface area contributed by atoms with Crippen molar-refractivity contribution in [2.45, 2.75) is 25.6 Å². The number of hydrogen-bond donors (Lipinski definition) is 1. The van der Waals surface area contributed by atoms with Crippen LogP contribution < -0.4 is 4.74 Å². The molecule has 0 amide bonds. The standard InChI is InChI=1S/C12H14O4/c1-2-15-11(13)7-10-12(14)8-5-3-4-6-9(8)16-10/h3-6,10,12,14H,2,7H2,1H3/t10-,12+/m0/s1. The highest BCUT2D eigenvalue weighted by Gasteiger charge is 2.34. The van der Waals surface area contributed by atoms with Crippen molar-refractivity contribution >= 4 is 5.97 Å². The highest BCUT2D eigenvalue weighted by atomic mass is 16.5. The van der Waals surface area contributed by atoms with Gasteiger partial charge in [-0.15, -0.1) is 0 Å². The molecule has 1 aromatic carbocycles. The molecule has 0 fully saturated rings. The molecule has 4 heteroatoms. The number of hydrogen-bond acceptors (Lipinski definition) is 4. The van der Waals surface area contributed by atoms with Crippen molar-refractivity contribution in [3.8, 4) is 5.75 Å². The fraction of sp³-hybridized carbons (Fsp3) is 0.417. The predicted molar refractivity (Wildman–Crippen MR) is 57.1 cm³/mol. The molecule has 2 rings (SSSR count). The van der Waals surface area contributed by atoms with Gasteiger partial charge in [0.15, 0.2) is 0 Å². The van der Waals surface area contributed by atoms with Gasteiger partial charge in [0.25, 0.3) is 0 Å². The number of benzene rings is 1. The van der Waals surface area contributed by atoms with Crippen molar-refractivity contribution in [2.24, 2.45) is 0 Å². The summed E-state index contributed by atoms with van der Waals surface area (Å²) in [4.78, 5) is 11.3. The minimum Gasteiger partial charge on any atom is -0.486 e. The van der Waals surface area contributed by atoms with Gasteiger partial charge in [0.2, 0.25) is 0 Å². The number of aliphatic hydroxyl groups excluding tert-OH is 1. The first-order chi connectivity index (χ1) is 7.72. The van der Waals surface area contributed by atoms with E-state index in [9.17, 15) is 9.90 Å². The van der Waals surface area contributed by atoms with E-state index < -0.39 is 12.2 Å². The molecular formula is C12H14O4. The molecule has 0 radical (unpaired) electrons. The number of carbonyl (C=O) groups is 1. The largest absolute Gasteiger partial charge is 0.486 e. The highest BCUT2D eigenvalue weighted by Crippen LogP contribution is 2.37. The summed E-state index contributed by atoms with van der Waals surface area (Å²) in [6, 6.07) is 7.24. The average Bonchev–Trinajstić information content (AvgIpc) is 2.57. The molecule has 1 N–H and O–H groups in total. The van der Waals surface area contributed by atoms with Crippen LogP contribution in [0.1, 0.15) is 25.0 Å². The zero-order chi connectivity index (χ0) is 11.5. The van der Waals surface area contributed by atoms with Crippen molar-refractivity contribution in [2.75, 3.05) is 6.61 Å². The first kappa shape index (κ1) is 11.0. The summed E-state index contributed by atoms with van der Waals surface area (Å²) in [6.07, 6.45) is -1.21. The Balaban J connectivity index is 2.04. The number of ether oxygens (including phenoxy) is 2. The lowest BCUT2D eigenvalue weighted by molar-refractivity contribution is -0.146. The van der Waals surface area contributed by atoms with Crippen LogP contribution >= 0.6 is 0 Å². The molecule has 2 atom stereocenters. The van der Waals surface area contributed by atoms with Crippen LogP contribution in [0.5, 0.6) is 5.75 Å². The van der Waals surface area contributed by atoms with Gasteiger partial charge in [0, 0.05) is 5.56 Å². The van der Waals surface area contributed by atoms with Crippen LogP contribution in [-0.4, -0.2) is 23.8 Å². The third-order valence-corrected chi connectivity index (χ3v) is 2.54. The van der Waals surface area contributed by atoms with Crippen LogP contribution in [0.25, 0.3) is 0 Å². The van der Waals surface area contributed by atoms with E-state index in [2.05, 4.69) is 0 Å². The number of para-hydroxylation sites is 1. The molecule has 1 heterocycles. The van der Waals surface area contributed by atoms with Crippen molar-refractivity contribution in [1.29, 1.82) is 0 Å². The lowest BCUT2D eigenvalue weighted by Gasteiger charge is -2.13. The predicted octanol–water partition coefficient (Wildman–Crippen LogP) is 1.43. The Bertz CT molecular complexity index is 388. The highest BCUT2D eigenvalue weighted by molar-refractivity contribution is 5.70. The minimum absolute atomic E-state index is 0.0731. The molecule has 16 heavy (non-hydrogen) atoms. The summed E-state index contributed by atoms with van der Waals surface area (Å²) in [6.45, 7) is 2.09. The second kappa shape index (κ2) is 4.53. The maximum absolute atomic E-state index is 11.3. The quantitative estimate of drug-likeness (QED) is 0.786. The van der Waals surface area contributed by atoms with E-state index in [-0.39, 0.29) is 12.4 Å². The summed E-state index contributed by atoms with van der Waals surface area (Å²) in [5, 5.41) is 9.93. The van der Waals surface area contributed by atoms with Crippen LogP contribution in [-0.2, 0) is 9.53 Å². The lowest BCUT2D eigenvalue weighted by Crippen LogP contribution is -2.23. The molecule has 1 aromatic rings. The normalized spacial score (nSPS) is 22.4. The van der Waals surface area contributed by atoms with Crippen molar-refractivity contribution < 1.29 is 19.4 Å². The summed E-state index contributed by atoms with van der Waals surface area (Å²) < 4.78 is 10.3. The van der Waals surface area contributed by atoms with Gasteiger partial charge in [-0.05, 0) is 13.0 Å². The number of fused-ring (bicyclic) bond motifs is 1. The Morgan fingerprint density at radius 1 is 1.50 bits per heavy atom. The van der Waals surface area contributed by atoms with E-state index in [0.717, 1.165) is 5.56 Å². The molecule has 0 spiro atoms. The first-order valence-corrected chi connectivity index (χ1v) is 5.31. The first-order valence-electron chi connectivity index (χ1n) is 5.31. The number of aliphatic hydroxyl groups is 1. The van der Waals surface area contributed by atoms with E-state index in [0.29, 0.717) is 12.4 Å². The molecule has 86 valence electrons. The van der Waals surface area contributed by atoms with Gasteiger partial charge in [-0.1, -0.05) is 18.2 Å². The van der Waals surface area contributed by atoms with Crippen LogP contribution in [0, 0.1) is 0 Å². The molecular weight excluding hydrogens is 208 g/mol. The van der Waals surface area contributed by atoms with Gasteiger partial charge in [-0.2, -0.15) is 0 Å². The van der Waals surface area contributed by atoms with Crippen LogP contribution in [0.15, 0.2) is 24.3 Å². The van der Waals surface area contributed by atoms with E-state index in [1.807, 2.05) is 12.1 Å². The minimum atomic E-state index is -0.749. The van der Waals surface area contributed by atoms with Crippen LogP contribution in [0.2, 0.25) is 0 Å². The number of esters is 1. The third kappa shape index (κ3) is 2.02. The molecule has 0 saturated carbocycles. The van der Waals surface area contributed by atoms with E-state index >= 15 is 0 Å². The summed E-state index contributed by atoms with van der Waals surface area (Å²) in [5.41, 5.74) is 0.733. The SMILES string of the molecule is CCOC(=O)C[C@@H]1Oc2ccccc2[C@H]1O. The van der Waals surface area contributed by atoms with Gasteiger partial charge < -0.3 is 14.6 Å². The van der Waals surface area contributed by atoms with Crippen molar-refractivity contribution in [1.82, 2.24) is 0 Å². The average molecular weight is 222 g/mol. The van der Waals surface area contributed by atoms with Gasteiger partial charge in [0.05, 0.1) is 13.0 Å². The number of rotatable bonds is 3. The van der Waals surface area contributed by atoms with Crippen LogP contribution in [0.3, 0.4) is 0 Å². The molecule has 0 aliphatic carbocycles. The summed E-state index contributed by atoms with van der Waals surface area (Å²) in [5.74, 6) is 0.295. The molecule has 0 aromatic heterocycles. The topological polar surface area (TPSA) is 55.8 Å². The Hall–Kier alpha value is -1.55. The van der Waals surface area contributed by atoms with E-state index in [1.165, 1.54) is 0 Å². The molecule has 0 unspecified atom stereocenters. The monoisotopic (exact) mass is 222 g/mol. The van der Waals surface area contributed by atoms with E-state index in [4.69, 9.17) is 9.47 Å². The second-order valence-electron chi connectivity index (χ2n) is 3.65. The maximum Gasteiger partial charge on any atom is 0.309 e. The molecule has 0 saturated heterocycles. The zero-order valence-corrected chi connectivity index (χ0v) is 9.05. The molecule has 0 bridgehead atoms. The van der Waals surface area contributed by atoms with Crippen molar-refractivity contribution in [3.05, 3.63) is 29.8 Å². The molecule has 1 aliphatic heterocycles. The van der Waals surface area contributed by atoms with Gasteiger partial charge >= 0.3 is 5.97 Å². The summed E-state index contributed by atoms with van der Waals surface area (Å²) in [7, 11) is 0. The smallest absolute Gasteiger partial charge is 0.309 e. The third-order valence-electron chi connectivity index (χ3n) is 2.54. The fourth-order valence-corrected chi connectivity index (χ4v) is 1.80. The van der Waals surface area contributed by atoms with Gasteiger partial charge in [-0.25, -0.2) is 0 Å². The second-order valence-corrected chi connectivity index (χ2v) is 3.65. The van der Waals surface area contributed by atoms with Gasteiger partial charge in [-0.3, -0.25) is 4.79 Å². The Morgan fingerprint density at radius 3 is 2.94 bits per heavy atom. The Kier molecular flexibility index (Phi) is 3.10. The Morgan fingerprint density at radius 2 is 2.25 bits per heavy atom. The van der Waals surface area contributed by atoms with E-state index in [1.54, 1.807) is 19.1 Å². The zero-order valence-electron chi connectivity index (χ0n) is 9.05. The number of carbonyl (C=O) groups excluding carboxylic acids is 1. The van der Waals surface area contributed by atoms with Crippen molar-refractivity contribution in [3.63, 3.8) is 0 Å². The maximum atomic E-state index is 11.3. The molecule has 4 nitrogen and oxygen atoms in total. The molecule has 1 aliphatic rings. The van der Waals surface area contributed by atoms with Gasteiger partial charge in [0.1, 0.15) is 18.0 Å².